The zero-order chi connectivity index (χ0) is 15.2. The summed E-state index contributed by atoms with van der Waals surface area (Å²) in [5.41, 5.74) is 6.20. The van der Waals surface area contributed by atoms with Crippen LogP contribution >= 0.6 is 0 Å². The third kappa shape index (κ3) is 5.12. The highest BCUT2D eigenvalue weighted by atomic mass is 32.2. The second kappa shape index (κ2) is 7.54. The molecule has 1 aliphatic rings. The molecule has 1 atom stereocenters. The van der Waals surface area contributed by atoms with Crippen LogP contribution in [0.3, 0.4) is 0 Å². The van der Waals surface area contributed by atoms with Gasteiger partial charge in [-0.15, -0.1) is 0 Å². The molecule has 0 spiro atoms. The minimum atomic E-state index is -0.950. The average Bonchev–Trinajstić information content (AvgIpc) is 2.92. The molecule has 6 heteroatoms. The Balaban J connectivity index is 1.75. The molecule has 0 saturated heterocycles. The highest BCUT2D eigenvalue weighted by Gasteiger charge is 2.18. The van der Waals surface area contributed by atoms with E-state index < -0.39 is 16.6 Å². The molecule has 3 N–H and O–H groups in total. The lowest BCUT2D eigenvalue weighted by Crippen LogP contribution is -2.18. The number of halogens is 1. The summed E-state index contributed by atoms with van der Waals surface area (Å²) in [6.07, 6.45) is 4.96. The topological polar surface area (TPSA) is 72.2 Å². The van der Waals surface area contributed by atoms with Gasteiger partial charge in [-0.2, -0.15) is 0 Å². The number of nitrogen functional groups attached to an aromatic ring is 1. The normalized spacial score (nSPS) is 16.8. The van der Waals surface area contributed by atoms with Crippen molar-refractivity contribution in [2.24, 2.45) is 5.92 Å². The lowest BCUT2D eigenvalue weighted by Gasteiger charge is -2.10. The number of nitrogens with two attached hydrogens (primary N) is 1. The van der Waals surface area contributed by atoms with Crippen molar-refractivity contribution < 1.29 is 13.4 Å². The van der Waals surface area contributed by atoms with Gasteiger partial charge in [-0.1, -0.05) is 12.8 Å². The van der Waals surface area contributed by atoms with Crippen LogP contribution in [0.4, 0.5) is 15.8 Å². The van der Waals surface area contributed by atoms with Gasteiger partial charge in [0, 0.05) is 28.7 Å². The van der Waals surface area contributed by atoms with Crippen molar-refractivity contribution in [2.45, 2.75) is 32.1 Å². The van der Waals surface area contributed by atoms with Crippen LogP contribution in [0.15, 0.2) is 18.2 Å². The fourth-order valence-corrected chi connectivity index (χ4v) is 4.03. The summed E-state index contributed by atoms with van der Waals surface area (Å²) in [4.78, 5) is 11.8. The highest BCUT2D eigenvalue weighted by Crippen LogP contribution is 2.25. The Kier molecular flexibility index (Phi) is 5.73. The molecule has 1 fully saturated rings. The number of benzene rings is 1. The first-order valence-electron chi connectivity index (χ1n) is 7.24. The van der Waals surface area contributed by atoms with Crippen LogP contribution in [0, 0.1) is 11.7 Å². The maximum atomic E-state index is 12.9. The highest BCUT2D eigenvalue weighted by molar-refractivity contribution is 7.85. The number of rotatable bonds is 6. The molecule has 0 radical (unpaired) electrons. The SMILES string of the molecule is Nc1cc(F)ccc1NC(=O)CCS(=O)CC1CCCC1. The molecular formula is C15H21FN2O2S. The predicted molar refractivity (Wildman–Crippen MR) is 83.9 cm³/mol. The van der Waals surface area contributed by atoms with Crippen molar-refractivity contribution in [1.29, 1.82) is 0 Å². The van der Waals surface area contributed by atoms with Gasteiger partial charge in [0.05, 0.1) is 11.4 Å². The van der Waals surface area contributed by atoms with Crippen molar-refractivity contribution in [3.8, 4) is 0 Å². The van der Waals surface area contributed by atoms with E-state index in [4.69, 9.17) is 5.73 Å². The smallest absolute Gasteiger partial charge is 0.225 e. The number of anilines is 2. The number of carbonyl (C=O) groups excluding carboxylic acids is 1. The fourth-order valence-electron chi connectivity index (χ4n) is 2.59. The summed E-state index contributed by atoms with van der Waals surface area (Å²) in [7, 11) is -0.950. The van der Waals surface area contributed by atoms with Gasteiger partial charge in [-0.05, 0) is 37.0 Å². The molecule has 1 aromatic carbocycles. The van der Waals surface area contributed by atoms with Gasteiger partial charge in [-0.25, -0.2) is 4.39 Å². The van der Waals surface area contributed by atoms with Crippen molar-refractivity contribution in [3.63, 3.8) is 0 Å². The van der Waals surface area contributed by atoms with E-state index in [1.54, 1.807) is 0 Å². The molecule has 2 rings (SSSR count). The Morgan fingerprint density at radius 3 is 2.76 bits per heavy atom. The molecule has 1 unspecified atom stereocenters. The van der Waals surface area contributed by atoms with E-state index in [9.17, 15) is 13.4 Å². The molecule has 0 aliphatic heterocycles. The van der Waals surface area contributed by atoms with E-state index in [2.05, 4.69) is 5.32 Å². The summed E-state index contributed by atoms with van der Waals surface area (Å²) in [6.45, 7) is 0. The van der Waals surface area contributed by atoms with E-state index in [1.165, 1.54) is 25.0 Å². The molecule has 1 aliphatic carbocycles. The van der Waals surface area contributed by atoms with E-state index in [1.807, 2.05) is 0 Å². The molecule has 21 heavy (non-hydrogen) atoms. The average molecular weight is 312 g/mol. The Hall–Kier alpha value is -1.43. The van der Waals surface area contributed by atoms with Gasteiger partial charge in [0.1, 0.15) is 5.82 Å². The van der Waals surface area contributed by atoms with Gasteiger partial charge in [0.2, 0.25) is 5.91 Å². The predicted octanol–water partition coefficient (Wildman–Crippen LogP) is 2.68. The molecule has 1 saturated carbocycles. The number of amides is 1. The third-order valence-electron chi connectivity index (χ3n) is 3.74. The van der Waals surface area contributed by atoms with Crippen LogP contribution in [0.2, 0.25) is 0 Å². The lowest BCUT2D eigenvalue weighted by atomic mass is 10.1. The summed E-state index contributed by atoms with van der Waals surface area (Å²) in [5, 5.41) is 2.62. The fraction of sp³-hybridized carbons (Fsp3) is 0.533. The number of hydrogen-bond donors (Lipinski definition) is 2. The van der Waals surface area contributed by atoms with Gasteiger partial charge in [0.15, 0.2) is 0 Å². The third-order valence-corrected chi connectivity index (χ3v) is 5.24. The van der Waals surface area contributed by atoms with Gasteiger partial charge in [-0.3, -0.25) is 9.00 Å². The number of nitrogens with one attached hydrogen (secondary N) is 1. The molecule has 4 nitrogen and oxygen atoms in total. The van der Waals surface area contributed by atoms with Crippen molar-refractivity contribution in [2.75, 3.05) is 22.6 Å². The summed E-state index contributed by atoms with van der Waals surface area (Å²) in [5.74, 6) is 0.938. The van der Waals surface area contributed by atoms with E-state index in [-0.39, 0.29) is 18.0 Å². The van der Waals surface area contributed by atoms with Gasteiger partial charge >= 0.3 is 0 Å². The van der Waals surface area contributed by atoms with Crippen LogP contribution in [0.25, 0.3) is 0 Å². The largest absolute Gasteiger partial charge is 0.397 e. The monoisotopic (exact) mass is 312 g/mol. The first-order valence-corrected chi connectivity index (χ1v) is 8.73. The Morgan fingerprint density at radius 2 is 2.10 bits per heavy atom. The van der Waals surface area contributed by atoms with Crippen LogP contribution in [0.5, 0.6) is 0 Å². The Bertz CT molecular complexity index is 530. The summed E-state index contributed by atoms with van der Waals surface area (Å²) in [6, 6.07) is 3.83. The molecule has 116 valence electrons. The minimum absolute atomic E-state index is 0.190. The van der Waals surface area contributed by atoms with Gasteiger partial charge in [0.25, 0.3) is 0 Å². The first kappa shape index (κ1) is 15.9. The molecule has 1 amide bonds. The Morgan fingerprint density at radius 1 is 1.38 bits per heavy atom. The summed E-state index contributed by atoms with van der Waals surface area (Å²) >= 11 is 0. The molecule has 0 aromatic heterocycles. The van der Waals surface area contributed by atoms with E-state index >= 15 is 0 Å². The Labute approximate surface area is 126 Å². The van der Waals surface area contributed by atoms with Crippen LogP contribution < -0.4 is 11.1 Å². The number of hydrogen-bond acceptors (Lipinski definition) is 3. The van der Waals surface area contributed by atoms with E-state index in [0.29, 0.717) is 23.1 Å². The first-order chi connectivity index (χ1) is 10.0. The second-order valence-electron chi connectivity index (χ2n) is 5.49. The summed E-state index contributed by atoms with van der Waals surface area (Å²) < 4.78 is 24.8. The van der Waals surface area contributed by atoms with Crippen LogP contribution in [-0.4, -0.2) is 21.6 Å². The van der Waals surface area contributed by atoms with Crippen molar-refractivity contribution in [3.05, 3.63) is 24.0 Å². The maximum absolute atomic E-state index is 12.9. The molecule has 0 bridgehead atoms. The quantitative estimate of drug-likeness (QED) is 0.793. The minimum Gasteiger partial charge on any atom is -0.397 e. The van der Waals surface area contributed by atoms with Crippen molar-refractivity contribution >= 4 is 28.1 Å². The number of carbonyl (C=O) groups is 1. The molecule has 1 aromatic rings. The van der Waals surface area contributed by atoms with E-state index in [0.717, 1.165) is 18.9 Å². The van der Waals surface area contributed by atoms with Gasteiger partial charge < -0.3 is 11.1 Å². The lowest BCUT2D eigenvalue weighted by molar-refractivity contribution is -0.115. The molecular weight excluding hydrogens is 291 g/mol. The standard InChI is InChI=1S/C15H21FN2O2S/c16-12-5-6-14(13(17)9-12)18-15(19)7-8-21(20)10-11-3-1-2-4-11/h5-6,9,11H,1-4,7-8,10,17H2,(H,18,19). The van der Waals surface area contributed by atoms with Crippen molar-refractivity contribution in [1.82, 2.24) is 0 Å². The second-order valence-corrected chi connectivity index (χ2v) is 7.11. The zero-order valence-electron chi connectivity index (χ0n) is 11.9. The van der Waals surface area contributed by atoms with Crippen LogP contribution in [0.1, 0.15) is 32.1 Å². The van der Waals surface area contributed by atoms with Crippen LogP contribution in [-0.2, 0) is 15.6 Å². The maximum Gasteiger partial charge on any atom is 0.225 e. The molecule has 0 heterocycles. The zero-order valence-corrected chi connectivity index (χ0v) is 12.8.